The van der Waals surface area contributed by atoms with Crippen LogP contribution in [0.15, 0.2) is 42.0 Å². The molecule has 0 aliphatic carbocycles. The van der Waals surface area contributed by atoms with Crippen LogP contribution in [-0.2, 0) is 9.59 Å². The zero-order valence-electron chi connectivity index (χ0n) is 20.8. The number of likely N-dealkylation sites (tertiary alicyclic amines) is 1. The van der Waals surface area contributed by atoms with E-state index in [2.05, 4.69) is 0 Å². The van der Waals surface area contributed by atoms with Crippen LogP contribution in [0.1, 0.15) is 41.6 Å². The number of hydrogen-bond donors (Lipinski definition) is 1. The maximum Gasteiger partial charge on any atom is 0.295 e. The number of rotatable bonds is 9. The molecule has 0 spiro atoms. The Morgan fingerprint density at radius 2 is 1.79 bits per heavy atom. The van der Waals surface area contributed by atoms with Crippen LogP contribution in [-0.4, -0.2) is 67.5 Å². The third kappa shape index (κ3) is 5.09. The van der Waals surface area contributed by atoms with Gasteiger partial charge in [-0.3, -0.25) is 9.59 Å². The fraction of sp³-hybridized carbons (Fsp3) is 0.407. The molecule has 7 nitrogen and oxygen atoms in total. The van der Waals surface area contributed by atoms with Crippen molar-refractivity contribution in [2.75, 3.05) is 40.9 Å². The molecule has 0 aromatic heterocycles. The highest BCUT2D eigenvalue weighted by atomic mass is 16.5. The van der Waals surface area contributed by atoms with Gasteiger partial charge in [-0.05, 0) is 82.7 Å². The van der Waals surface area contributed by atoms with Gasteiger partial charge in [0.05, 0.1) is 25.3 Å². The maximum absolute atomic E-state index is 13.2. The van der Waals surface area contributed by atoms with Crippen molar-refractivity contribution < 1.29 is 24.2 Å². The zero-order chi connectivity index (χ0) is 25.0. The number of ketones is 1. The fourth-order valence-electron chi connectivity index (χ4n) is 4.19. The average molecular weight is 467 g/mol. The van der Waals surface area contributed by atoms with E-state index in [0.717, 1.165) is 17.7 Å². The zero-order valence-corrected chi connectivity index (χ0v) is 20.8. The predicted octanol–water partition coefficient (Wildman–Crippen LogP) is 4.08. The van der Waals surface area contributed by atoms with Gasteiger partial charge in [-0.1, -0.05) is 18.2 Å². The first-order chi connectivity index (χ1) is 16.2. The summed E-state index contributed by atoms with van der Waals surface area (Å²) in [7, 11) is 5.47. The van der Waals surface area contributed by atoms with Crippen LogP contribution in [0.25, 0.3) is 5.76 Å². The van der Waals surface area contributed by atoms with Gasteiger partial charge < -0.3 is 24.4 Å². The molecule has 2 aromatic carbocycles. The summed E-state index contributed by atoms with van der Waals surface area (Å²) in [6, 6.07) is 10.1. The summed E-state index contributed by atoms with van der Waals surface area (Å²) in [5.74, 6) is -0.383. The first-order valence-corrected chi connectivity index (χ1v) is 11.5. The Kier molecular flexibility index (Phi) is 7.99. The molecule has 0 radical (unpaired) electrons. The summed E-state index contributed by atoms with van der Waals surface area (Å²) < 4.78 is 11.1. The molecule has 7 heteroatoms. The second-order valence-electron chi connectivity index (χ2n) is 8.79. The van der Waals surface area contributed by atoms with Gasteiger partial charge in [-0.25, -0.2) is 0 Å². The summed E-state index contributed by atoms with van der Waals surface area (Å²) in [5.41, 5.74) is 3.34. The molecule has 1 aliphatic rings. The van der Waals surface area contributed by atoms with Gasteiger partial charge in [0, 0.05) is 12.1 Å². The highest BCUT2D eigenvalue weighted by molar-refractivity contribution is 6.46. The number of methoxy groups -OCH3 is 1. The predicted molar refractivity (Wildman–Crippen MR) is 132 cm³/mol. The molecule has 1 amide bonds. The topological polar surface area (TPSA) is 79.3 Å². The molecule has 182 valence electrons. The molecule has 2 aromatic rings. The molecule has 34 heavy (non-hydrogen) atoms. The Hall–Kier alpha value is -3.32. The van der Waals surface area contributed by atoms with Crippen LogP contribution in [0.5, 0.6) is 11.5 Å². The lowest BCUT2D eigenvalue weighted by atomic mass is 9.94. The van der Waals surface area contributed by atoms with Gasteiger partial charge in [-0.15, -0.1) is 0 Å². The highest BCUT2D eigenvalue weighted by Crippen LogP contribution is 2.42. The molecule has 1 fully saturated rings. The number of Topliss-reactive ketones (excluding diaryl/α,β-unsaturated/α-hetero) is 1. The summed E-state index contributed by atoms with van der Waals surface area (Å²) in [6.45, 7) is 7.43. The highest BCUT2D eigenvalue weighted by Gasteiger charge is 2.46. The summed E-state index contributed by atoms with van der Waals surface area (Å²) >= 11 is 0. The largest absolute Gasteiger partial charge is 0.507 e. The Morgan fingerprint density at radius 1 is 1.06 bits per heavy atom. The molecule has 1 N–H and O–H groups in total. The summed E-state index contributed by atoms with van der Waals surface area (Å²) in [5, 5.41) is 11.3. The molecular weight excluding hydrogens is 432 g/mol. The van der Waals surface area contributed by atoms with Gasteiger partial charge in [0.1, 0.15) is 5.76 Å². The number of hydrogen-bond acceptors (Lipinski definition) is 6. The molecule has 1 aliphatic heterocycles. The van der Waals surface area contributed by atoms with Crippen LogP contribution < -0.4 is 9.47 Å². The van der Waals surface area contributed by atoms with E-state index in [0.29, 0.717) is 42.2 Å². The number of ether oxygens (including phenoxy) is 2. The first kappa shape index (κ1) is 25.3. The minimum atomic E-state index is -0.728. The minimum Gasteiger partial charge on any atom is -0.507 e. The lowest BCUT2D eigenvalue weighted by Crippen LogP contribution is -2.32. The Morgan fingerprint density at radius 3 is 2.41 bits per heavy atom. The molecular formula is C27H34N2O5. The van der Waals surface area contributed by atoms with E-state index >= 15 is 0 Å². The number of aryl methyl sites for hydroxylation is 2. The van der Waals surface area contributed by atoms with Crippen LogP contribution >= 0.6 is 0 Å². The van der Waals surface area contributed by atoms with Crippen molar-refractivity contribution in [1.82, 2.24) is 9.80 Å². The van der Waals surface area contributed by atoms with Crippen LogP contribution in [0.4, 0.5) is 0 Å². The van der Waals surface area contributed by atoms with Crippen molar-refractivity contribution in [2.45, 2.75) is 33.2 Å². The van der Waals surface area contributed by atoms with Crippen LogP contribution in [0, 0.1) is 13.8 Å². The Bertz CT molecular complexity index is 1110. The molecule has 1 atom stereocenters. The van der Waals surface area contributed by atoms with E-state index in [4.69, 9.17) is 9.47 Å². The van der Waals surface area contributed by atoms with E-state index in [9.17, 15) is 14.7 Å². The van der Waals surface area contributed by atoms with E-state index < -0.39 is 17.7 Å². The Labute approximate surface area is 201 Å². The number of carbonyl (C=O) groups is 2. The van der Waals surface area contributed by atoms with Crippen LogP contribution in [0.3, 0.4) is 0 Å². The van der Waals surface area contributed by atoms with Crippen molar-refractivity contribution in [2.24, 2.45) is 0 Å². The fourth-order valence-corrected chi connectivity index (χ4v) is 4.19. The first-order valence-electron chi connectivity index (χ1n) is 11.5. The number of nitrogens with zero attached hydrogens (tertiary/aromatic N) is 2. The lowest BCUT2D eigenvalue weighted by Gasteiger charge is -2.26. The average Bonchev–Trinajstić information content (AvgIpc) is 3.05. The van der Waals surface area contributed by atoms with Gasteiger partial charge in [0.25, 0.3) is 11.7 Å². The second-order valence-corrected chi connectivity index (χ2v) is 8.79. The van der Waals surface area contributed by atoms with Gasteiger partial charge in [-0.2, -0.15) is 0 Å². The maximum atomic E-state index is 13.2. The molecule has 0 bridgehead atoms. The van der Waals surface area contributed by atoms with Crippen molar-refractivity contribution in [1.29, 1.82) is 0 Å². The summed E-state index contributed by atoms with van der Waals surface area (Å²) in [6.07, 6.45) is 0.689. The minimum absolute atomic E-state index is 0.0873. The van der Waals surface area contributed by atoms with Crippen molar-refractivity contribution in [3.63, 3.8) is 0 Å². The Balaban J connectivity index is 2.15. The quantitative estimate of drug-likeness (QED) is 0.341. The second kappa shape index (κ2) is 10.7. The van der Waals surface area contributed by atoms with Crippen LogP contribution in [0.2, 0.25) is 0 Å². The number of aliphatic hydroxyl groups is 1. The number of aliphatic hydroxyl groups excluding tert-OH is 1. The molecule has 1 heterocycles. The normalized spacial score (nSPS) is 17.5. The summed E-state index contributed by atoms with van der Waals surface area (Å²) in [4.78, 5) is 29.9. The van der Waals surface area contributed by atoms with E-state index in [-0.39, 0.29) is 11.3 Å². The van der Waals surface area contributed by atoms with E-state index in [1.54, 1.807) is 30.2 Å². The third-order valence-electron chi connectivity index (χ3n) is 6.13. The molecule has 0 saturated carbocycles. The third-order valence-corrected chi connectivity index (χ3v) is 6.13. The lowest BCUT2D eigenvalue weighted by molar-refractivity contribution is -0.139. The van der Waals surface area contributed by atoms with Gasteiger partial charge in [0.15, 0.2) is 11.5 Å². The van der Waals surface area contributed by atoms with Gasteiger partial charge in [0.2, 0.25) is 0 Å². The number of carbonyl (C=O) groups excluding carboxylic acids is 2. The van der Waals surface area contributed by atoms with E-state index in [1.165, 1.54) is 0 Å². The monoisotopic (exact) mass is 466 g/mol. The van der Waals surface area contributed by atoms with E-state index in [1.807, 2.05) is 58.0 Å². The number of amides is 1. The van der Waals surface area contributed by atoms with Gasteiger partial charge >= 0.3 is 0 Å². The molecule has 3 rings (SSSR count). The standard InChI is InChI=1S/C27H34N2O5/c1-7-34-21-12-11-19(16-22(21)33-6)24-23(25(30)20-10-9-17(2)18(3)15-20)26(31)27(32)29(24)14-8-13-28(4)5/h9-12,15-16,24,30H,7-8,13-14H2,1-6H3/b25-23-. The molecule has 1 saturated heterocycles. The number of benzene rings is 2. The van der Waals surface area contributed by atoms with Crippen molar-refractivity contribution in [3.05, 3.63) is 64.2 Å². The van der Waals surface area contributed by atoms with Crippen molar-refractivity contribution >= 4 is 17.4 Å². The smallest absolute Gasteiger partial charge is 0.295 e. The SMILES string of the molecule is CCOc1ccc(C2/C(=C(/O)c3ccc(C)c(C)c3)C(=O)C(=O)N2CCCN(C)C)cc1OC. The van der Waals surface area contributed by atoms with Crippen molar-refractivity contribution in [3.8, 4) is 11.5 Å². The molecule has 1 unspecified atom stereocenters.